The molecule has 0 heterocycles. The lowest BCUT2D eigenvalue weighted by Crippen LogP contribution is -2.24. The van der Waals surface area contributed by atoms with Gasteiger partial charge in [0.05, 0.1) is 5.56 Å². The van der Waals surface area contributed by atoms with Crippen molar-refractivity contribution in [2.45, 2.75) is 33.2 Å². The fourth-order valence-electron chi connectivity index (χ4n) is 1.71. The smallest absolute Gasteiger partial charge is 0.335 e. The van der Waals surface area contributed by atoms with Crippen molar-refractivity contribution in [2.75, 3.05) is 5.32 Å². The molecule has 0 aliphatic heterocycles. The van der Waals surface area contributed by atoms with Crippen LogP contribution in [-0.2, 0) is 0 Å². The molecule has 0 spiro atoms. The first-order valence-corrected chi connectivity index (χ1v) is 6.54. The van der Waals surface area contributed by atoms with E-state index in [1.807, 2.05) is 0 Å². The molecule has 1 atom stereocenters. The van der Waals surface area contributed by atoms with Gasteiger partial charge in [-0.05, 0) is 46.5 Å². The molecule has 1 unspecified atom stereocenters. The Kier molecular flexibility index (Phi) is 5.00. The summed E-state index contributed by atoms with van der Waals surface area (Å²) in [6, 6.07) is 5.43. The van der Waals surface area contributed by atoms with Gasteiger partial charge in [0.15, 0.2) is 0 Å². The molecule has 4 heteroatoms. The SMILES string of the molecule is CCC(Nc1ccc(C(=O)O)cc1Br)C(C)C. The Balaban J connectivity index is 2.89. The summed E-state index contributed by atoms with van der Waals surface area (Å²) in [6.45, 7) is 6.47. The molecular formula is C13H18BrNO2. The van der Waals surface area contributed by atoms with E-state index in [4.69, 9.17) is 5.11 Å². The van der Waals surface area contributed by atoms with Crippen LogP contribution in [0.4, 0.5) is 5.69 Å². The summed E-state index contributed by atoms with van der Waals surface area (Å²) < 4.78 is 0.788. The van der Waals surface area contributed by atoms with Crippen LogP contribution < -0.4 is 5.32 Å². The highest BCUT2D eigenvalue weighted by atomic mass is 79.9. The third-order valence-corrected chi connectivity index (χ3v) is 3.46. The van der Waals surface area contributed by atoms with Gasteiger partial charge < -0.3 is 10.4 Å². The van der Waals surface area contributed by atoms with Crippen molar-refractivity contribution in [3.05, 3.63) is 28.2 Å². The van der Waals surface area contributed by atoms with E-state index in [-0.39, 0.29) is 0 Å². The minimum atomic E-state index is -0.909. The number of anilines is 1. The fraction of sp³-hybridized carbons (Fsp3) is 0.462. The van der Waals surface area contributed by atoms with Crippen LogP contribution in [0.5, 0.6) is 0 Å². The summed E-state index contributed by atoms with van der Waals surface area (Å²) in [7, 11) is 0. The van der Waals surface area contributed by atoms with Gasteiger partial charge in [-0.15, -0.1) is 0 Å². The maximum Gasteiger partial charge on any atom is 0.335 e. The number of nitrogens with one attached hydrogen (secondary N) is 1. The first-order valence-electron chi connectivity index (χ1n) is 5.75. The molecule has 1 rings (SSSR count). The van der Waals surface area contributed by atoms with E-state index in [0.717, 1.165) is 16.6 Å². The predicted molar refractivity (Wildman–Crippen MR) is 73.6 cm³/mol. The molecule has 0 bridgehead atoms. The standard InChI is InChI=1S/C13H18BrNO2/c1-4-11(8(2)3)15-12-6-5-9(13(16)17)7-10(12)14/h5-8,11,15H,4H2,1-3H3,(H,16,17). The Labute approximate surface area is 110 Å². The first-order chi connectivity index (χ1) is 7.95. The zero-order chi connectivity index (χ0) is 13.0. The Hall–Kier alpha value is -1.03. The summed E-state index contributed by atoms with van der Waals surface area (Å²) in [5, 5.41) is 12.3. The van der Waals surface area contributed by atoms with Gasteiger partial charge in [-0.25, -0.2) is 4.79 Å². The van der Waals surface area contributed by atoms with Crippen LogP contribution in [0.2, 0.25) is 0 Å². The van der Waals surface area contributed by atoms with Gasteiger partial charge in [-0.2, -0.15) is 0 Å². The summed E-state index contributed by atoms with van der Waals surface area (Å²) in [5.41, 5.74) is 1.23. The van der Waals surface area contributed by atoms with E-state index in [0.29, 0.717) is 17.5 Å². The highest BCUT2D eigenvalue weighted by Crippen LogP contribution is 2.26. The van der Waals surface area contributed by atoms with Crippen molar-refractivity contribution < 1.29 is 9.90 Å². The van der Waals surface area contributed by atoms with Crippen LogP contribution in [0.1, 0.15) is 37.6 Å². The molecule has 0 aromatic heterocycles. The number of aromatic carboxylic acids is 1. The van der Waals surface area contributed by atoms with Gasteiger partial charge in [-0.3, -0.25) is 0 Å². The molecule has 0 saturated heterocycles. The van der Waals surface area contributed by atoms with E-state index in [1.165, 1.54) is 0 Å². The summed E-state index contributed by atoms with van der Waals surface area (Å²) in [6.07, 6.45) is 1.03. The molecule has 3 nitrogen and oxygen atoms in total. The van der Waals surface area contributed by atoms with Gasteiger partial charge in [-0.1, -0.05) is 20.8 Å². The van der Waals surface area contributed by atoms with Crippen molar-refractivity contribution in [2.24, 2.45) is 5.92 Å². The Morgan fingerprint density at radius 2 is 2.12 bits per heavy atom. The lowest BCUT2D eigenvalue weighted by molar-refractivity contribution is 0.0697. The number of rotatable bonds is 5. The highest BCUT2D eigenvalue weighted by molar-refractivity contribution is 9.10. The van der Waals surface area contributed by atoms with Crippen molar-refractivity contribution in [1.29, 1.82) is 0 Å². The van der Waals surface area contributed by atoms with Crippen molar-refractivity contribution in [1.82, 2.24) is 0 Å². The minimum absolute atomic E-state index is 0.292. The number of carboxylic acids is 1. The topological polar surface area (TPSA) is 49.3 Å². The van der Waals surface area contributed by atoms with Gasteiger partial charge in [0.1, 0.15) is 0 Å². The van der Waals surface area contributed by atoms with E-state index in [1.54, 1.807) is 18.2 Å². The zero-order valence-electron chi connectivity index (χ0n) is 10.3. The molecule has 0 amide bonds. The van der Waals surface area contributed by atoms with Gasteiger partial charge >= 0.3 is 5.97 Å². The maximum atomic E-state index is 10.8. The van der Waals surface area contributed by atoms with Crippen LogP contribution in [0.15, 0.2) is 22.7 Å². The lowest BCUT2D eigenvalue weighted by Gasteiger charge is -2.22. The molecular weight excluding hydrogens is 282 g/mol. The summed E-state index contributed by atoms with van der Waals surface area (Å²) >= 11 is 3.40. The molecule has 2 N–H and O–H groups in total. The average molecular weight is 300 g/mol. The first kappa shape index (κ1) is 14.0. The van der Waals surface area contributed by atoms with E-state index < -0.39 is 5.97 Å². The number of hydrogen-bond acceptors (Lipinski definition) is 2. The Morgan fingerprint density at radius 1 is 1.47 bits per heavy atom. The van der Waals surface area contributed by atoms with Crippen molar-refractivity contribution in [3.63, 3.8) is 0 Å². The van der Waals surface area contributed by atoms with Crippen LogP contribution in [0, 0.1) is 5.92 Å². The van der Waals surface area contributed by atoms with Gasteiger partial charge in [0.2, 0.25) is 0 Å². The molecule has 17 heavy (non-hydrogen) atoms. The second-order valence-electron chi connectivity index (χ2n) is 4.40. The van der Waals surface area contributed by atoms with Gasteiger partial charge in [0, 0.05) is 16.2 Å². The Bertz CT molecular complexity index is 404. The van der Waals surface area contributed by atoms with Crippen LogP contribution >= 0.6 is 15.9 Å². The lowest BCUT2D eigenvalue weighted by atomic mass is 10.0. The molecule has 94 valence electrons. The Morgan fingerprint density at radius 3 is 2.53 bits per heavy atom. The van der Waals surface area contributed by atoms with E-state index in [9.17, 15) is 4.79 Å². The minimum Gasteiger partial charge on any atom is -0.478 e. The molecule has 1 aromatic carbocycles. The quantitative estimate of drug-likeness (QED) is 0.864. The fourth-order valence-corrected chi connectivity index (χ4v) is 2.20. The van der Waals surface area contributed by atoms with Crippen molar-refractivity contribution in [3.8, 4) is 0 Å². The van der Waals surface area contributed by atoms with Gasteiger partial charge in [0.25, 0.3) is 0 Å². The van der Waals surface area contributed by atoms with Crippen LogP contribution in [-0.4, -0.2) is 17.1 Å². The number of carboxylic acid groups (broad SMARTS) is 1. The second kappa shape index (κ2) is 6.05. The maximum absolute atomic E-state index is 10.8. The molecule has 0 fully saturated rings. The summed E-state index contributed by atoms with van der Waals surface area (Å²) in [5.74, 6) is -0.376. The molecule has 0 saturated carbocycles. The second-order valence-corrected chi connectivity index (χ2v) is 5.26. The molecule has 0 aliphatic carbocycles. The third kappa shape index (κ3) is 3.73. The van der Waals surface area contributed by atoms with E-state index >= 15 is 0 Å². The highest BCUT2D eigenvalue weighted by Gasteiger charge is 2.13. The van der Waals surface area contributed by atoms with E-state index in [2.05, 4.69) is 42.0 Å². The average Bonchev–Trinajstić information content (AvgIpc) is 2.26. The number of halogens is 1. The summed E-state index contributed by atoms with van der Waals surface area (Å²) in [4.78, 5) is 10.8. The normalized spacial score (nSPS) is 12.5. The monoisotopic (exact) mass is 299 g/mol. The largest absolute Gasteiger partial charge is 0.478 e. The number of benzene rings is 1. The predicted octanol–water partition coefficient (Wildman–Crippen LogP) is 3.99. The van der Waals surface area contributed by atoms with Crippen molar-refractivity contribution >= 4 is 27.6 Å². The molecule has 0 aliphatic rings. The third-order valence-electron chi connectivity index (χ3n) is 2.80. The zero-order valence-corrected chi connectivity index (χ0v) is 11.9. The van der Waals surface area contributed by atoms with Crippen LogP contribution in [0.3, 0.4) is 0 Å². The number of carbonyl (C=O) groups is 1. The molecule has 0 radical (unpaired) electrons. The van der Waals surface area contributed by atoms with Crippen LogP contribution in [0.25, 0.3) is 0 Å². The molecule has 1 aromatic rings. The number of hydrogen-bond donors (Lipinski definition) is 2.